The van der Waals surface area contributed by atoms with Crippen LogP contribution in [0, 0.1) is 0 Å². The van der Waals surface area contributed by atoms with Gasteiger partial charge in [-0.3, -0.25) is 4.79 Å². The van der Waals surface area contributed by atoms with Crippen LogP contribution in [-0.2, 0) is 4.79 Å². The van der Waals surface area contributed by atoms with Crippen molar-refractivity contribution in [3.63, 3.8) is 0 Å². The Morgan fingerprint density at radius 3 is 2.88 bits per heavy atom. The number of anilines is 1. The molecule has 4 nitrogen and oxygen atoms in total. The summed E-state index contributed by atoms with van der Waals surface area (Å²) < 4.78 is 5.11. The fraction of sp³-hybridized carbons (Fsp3) is 0.417. The molecule has 5 heteroatoms. The minimum absolute atomic E-state index is 0.260. The first-order valence-corrected chi connectivity index (χ1v) is 5.87. The lowest BCUT2D eigenvalue weighted by molar-refractivity contribution is -0.118. The van der Waals surface area contributed by atoms with E-state index in [1.807, 2.05) is 6.07 Å². The van der Waals surface area contributed by atoms with Crippen LogP contribution >= 0.6 is 11.6 Å². The third kappa shape index (κ3) is 4.95. The van der Waals surface area contributed by atoms with Crippen molar-refractivity contribution >= 4 is 23.2 Å². The van der Waals surface area contributed by atoms with Crippen LogP contribution in [0.3, 0.4) is 0 Å². The number of carbonyl (C=O) groups excluding carboxylic acids is 1. The van der Waals surface area contributed by atoms with E-state index in [9.17, 15) is 4.79 Å². The van der Waals surface area contributed by atoms with Gasteiger partial charge in [-0.25, -0.2) is 0 Å². The second-order valence-corrected chi connectivity index (χ2v) is 4.10. The zero-order chi connectivity index (χ0) is 12.7. The summed E-state index contributed by atoms with van der Waals surface area (Å²) in [7, 11) is 1.61. The predicted molar refractivity (Wildman–Crippen MR) is 69.5 cm³/mol. The number of nitrogens with one attached hydrogen (secondary N) is 1. The molecule has 1 amide bonds. The highest BCUT2D eigenvalue weighted by Crippen LogP contribution is 2.26. The van der Waals surface area contributed by atoms with Crippen LogP contribution in [0.5, 0.6) is 5.75 Å². The summed E-state index contributed by atoms with van der Waals surface area (Å²) in [6.07, 6.45) is 2.08. The van der Waals surface area contributed by atoms with Gasteiger partial charge in [0.2, 0.25) is 5.91 Å². The predicted octanol–water partition coefficient (Wildman–Crippen LogP) is 2.42. The number of amides is 1. The molecular weight excluding hydrogens is 240 g/mol. The number of benzene rings is 1. The van der Waals surface area contributed by atoms with E-state index in [2.05, 4.69) is 5.32 Å². The van der Waals surface area contributed by atoms with Crippen molar-refractivity contribution in [2.75, 3.05) is 19.0 Å². The lowest BCUT2D eigenvalue weighted by Gasteiger charge is -2.09. The van der Waals surface area contributed by atoms with Crippen LogP contribution in [0.25, 0.3) is 0 Å². The van der Waals surface area contributed by atoms with Crippen molar-refractivity contribution in [1.29, 1.82) is 0 Å². The van der Waals surface area contributed by atoms with Crippen LogP contribution in [0.15, 0.2) is 18.2 Å². The smallest absolute Gasteiger partial charge is 0.217 e. The monoisotopic (exact) mass is 256 g/mol. The highest BCUT2D eigenvalue weighted by Gasteiger charge is 2.01. The van der Waals surface area contributed by atoms with Crippen molar-refractivity contribution in [1.82, 2.24) is 0 Å². The number of unbranched alkanes of at least 4 members (excludes halogenated alkanes) is 1. The molecule has 17 heavy (non-hydrogen) atoms. The molecule has 1 aromatic rings. The topological polar surface area (TPSA) is 64.3 Å². The van der Waals surface area contributed by atoms with Gasteiger partial charge in [-0.15, -0.1) is 0 Å². The third-order valence-corrected chi connectivity index (χ3v) is 2.67. The molecule has 0 saturated carbocycles. The van der Waals surface area contributed by atoms with Crippen molar-refractivity contribution in [3.8, 4) is 5.75 Å². The maximum atomic E-state index is 10.5. The fourth-order valence-corrected chi connectivity index (χ4v) is 1.60. The summed E-state index contributed by atoms with van der Waals surface area (Å²) in [5, 5.41) is 3.85. The van der Waals surface area contributed by atoms with E-state index < -0.39 is 0 Å². The molecule has 1 aromatic carbocycles. The summed E-state index contributed by atoms with van der Waals surface area (Å²) in [6.45, 7) is 0.750. The molecular formula is C12H17ClN2O2. The molecule has 0 radical (unpaired) electrons. The molecule has 0 fully saturated rings. The maximum absolute atomic E-state index is 10.5. The van der Waals surface area contributed by atoms with Gasteiger partial charge in [0.25, 0.3) is 0 Å². The second-order valence-electron chi connectivity index (χ2n) is 3.70. The third-order valence-electron chi connectivity index (χ3n) is 2.34. The van der Waals surface area contributed by atoms with Gasteiger partial charge in [-0.2, -0.15) is 0 Å². The lowest BCUT2D eigenvalue weighted by Crippen LogP contribution is -2.11. The zero-order valence-corrected chi connectivity index (χ0v) is 10.6. The molecule has 0 aliphatic rings. The standard InChI is InChI=1S/C12H17ClN2O2/c1-17-9-5-6-10(13)11(8-9)15-7-3-2-4-12(14)16/h5-6,8,15H,2-4,7H2,1H3,(H2,14,16). The Hall–Kier alpha value is -1.42. The van der Waals surface area contributed by atoms with Gasteiger partial charge in [0.05, 0.1) is 17.8 Å². The Kier molecular flexibility index (Phi) is 5.63. The van der Waals surface area contributed by atoms with E-state index in [-0.39, 0.29) is 5.91 Å². The van der Waals surface area contributed by atoms with Crippen molar-refractivity contribution in [3.05, 3.63) is 23.2 Å². The average Bonchev–Trinajstić information content (AvgIpc) is 2.30. The van der Waals surface area contributed by atoms with Gasteiger partial charge in [-0.1, -0.05) is 11.6 Å². The second kappa shape index (κ2) is 7.01. The SMILES string of the molecule is COc1ccc(Cl)c(NCCCCC(N)=O)c1. The number of hydrogen-bond acceptors (Lipinski definition) is 3. The Labute approximate surface area is 106 Å². The molecule has 0 unspecified atom stereocenters. The average molecular weight is 257 g/mol. The number of primary amides is 1. The number of nitrogens with two attached hydrogens (primary N) is 1. The van der Waals surface area contributed by atoms with Crippen molar-refractivity contribution < 1.29 is 9.53 Å². The highest BCUT2D eigenvalue weighted by molar-refractivity contribution is 6.33. The molecule has 1 rings (SSSR count). The molecule has 0 atom stereocenters. The number of ether oxygens (including phenoxy) is 1. The normalized spacial score (nSPS) is 10.0. The van der Waals surface area contributed by atoms with Crippen LogP contribution < -0.4 is 15.8 Å². The lowest BCUT2D eigenvalue weighted by atomic mass is 10.2. The fourth-order valence-electron chi connectivity index (χ4n) is 1.41. The maximum Gasteiger partial charge on any atom is 0.217 e. The van der Waals surface area contributed by atoms with Gasteiger partial charge < -0.3 is 15.8 Å². The van der Waals surface area contributed by atoms with Crippen molar-refractivity contribution in [2.24, 2.45) is 5.73 Å². The first-order chi connectivity index (χ1) is 8.13. The Bertz CT molecular complexity index is 383. The minimum atomic E-state index is -0.260. The molecule has 0 aliphatic heterocycles. The summed E-state index contributed by atoms with van der Waals surface area (Å²) in [5.41, 5.74) is 5.89. The molecule has 0 heterocycles. The van der Waals surface area contributed by atoms with Crippen LogP contribution in [0.2, 0.25) is 5.02 Å². The minimum Gasteiger partial charge on any atom is -0.497 e. The van der Waals surface area contributed by atoms with Crippen LogP contribution in [0.4, 0.5) is 5.69 Å². The van der Waals surface area contributed by atoms with Crippen molar-refractivity contribution in [2.45, 2.75) is 19.3 Å². The first-order valence-electron chi connectivity index (χ1n) is 5.49. The molecule has 3 N–H and O–H groups in total. The molecule has 0 bridgehead atoms. The van der Waals surface area contributed by atoms with E-state index in [0.29, 0.717) is 11.4 Å². The summed E-state index contributed by atoms with van der Waals surface area (Å²) >= 11 is 6.02. The van der Waals surface area contributed by atoms with Gasteiger partial charge >= 0.3 is 0 Å². The molecule has 0 aromatic heterocycles. The molecule has 0 spiro atoms. The number of hydrogen-bond donors (Lipinski definition) is 2. The summed E-state index contributed by atoms with van der Waals surface area (Å²) in [4.78, 5) is 10.5. The molecule has 0 aliphatic carbocycles. The van der Waals surface area contributed by atoms with E-state index in [1.165, 1.54) is 0 Å². The Morgan fingerprint density at radius 1 is 1.47 bits per heavy atom. The largest absolute Gasteiger partial charge is 0.497 e. The van der Waals surface area contributed by atoms with Crippen LogP contribution in [-0.4, -0.2) is 19.6 Å². The molecule has 0 saturated heterocycles. The van der Waals surface area contributed by atoms with E-state index in [0.717, 1.165) is 30.8 Å². The number of methoxy groups -OCH3 is 1. The highest BCUT2D eigenvalue weighted by atomic mass is 35.5. The number of halogens is 1. The number of rotatable bonds is 7. The van der Waals surface area contributed by atoms with E-state index in [1.54, 1.807) is 19.2 Å². The zero-order valence-electron chi connectivity index (χ0n) is 9.83. The number of carbonyl (C=O) groups is 1. The Balaban J connectivity index is 2.38. The summed E-state index contributed by atoms with van der Waals surface area (Å²) in [6, 6.07) is 5.43. The van der Waals surface area contributed by atoms with Gasteiger partial charge in [0, 0.05) is 19.0 Å². The first kappa shape index (κ1) is 13.6. The summed E-state index contributed by atoms with van der Waals surface area (Å²) in [5.74, 6) is 0.499. The van der Waals surface area contributed by atoms with Crippen LogP contribution in [0.1, 0.15) is 19.3 Å². The Morgan fingerprint density at radius 2 is 2.24 bits per heavy atom. The van der Waals surface area contributed by atoms with E-state index >= 15 is 0 Å². The molecule has 94 valence electrons. The quantitative estimate of drug-likeness (QED) is 0.737. The van der Waals surface area contributed by atoms with Gasteiger partial charge in [0.1, 0.15) is 5.75 Å². The van der Waals surface area contributed by atoms with E-state index in [4.69, 9.17) is 22.1 Å². The van der Waals surface area contributed by atoms with Gasteiger partial charge in [0.15, 0.2) is 0 Å². The van der Waals surface area contributed by atoms with Gasteiger partial charge in [-0.05, 0) is 25.0 Å².